The van der Waals surface area contributed by atoms with Crippen LogP contribution in [0.4, 0.5) is 0 Å². The molecule has 0 fully saturated rings. The highest BCUT2D eigenvalue weighted by Gasteiger charge is 2.20. The largest absolute Gasteiger partial charge is 0.494 e. The fourth-order valence-corrected chi connectivity index (χ4v) is 3.66. The molecular weight excluding hydrogens is 366 g/mol. The Labute approximate surface area is 168 Å². The average molecular weight is 387 g/mol. The second-order valence-corrected chi connectivity index (χ2v) is 6.70. The van der Waals surface area contributed by atoms with Crippen molar-refractivity contribution in [1.29, 1.82) is 0 Å². The molecule has 0 aliphatic rings. The standard InChI is InChI=1S/C22H21N5O2/c1-13-19(12-28)20(21(29-3)14(2)23-13)16-9-10-17(15-7-5-4-6-8-15)18(11-16)22-24-26-27-25-22/h4-11,28H,12H2,1-3H3,(H,24,25,26,27). The number of nitrogens with zero attached hydrogens (tertiary/aromatic N) is 4. The van der Waals surface area contributed by atoms with E-state index in [0.29, 0.717) is 11.6 Å². The van der Waals surface area contributed by atoms with Gasteiger partial charge in [-0.1, -0.05) is 42.5 Å². The Morgan fingerprint density at radius 1 is 0.966 bits per heavy atom. The molecule has 0 bridgehead atoms. The molecule has 0 saturated heterocycles. The lowest BCUT2D eigenvalue weighted by Gasteiger charge is -2.18. The van der Waals surface area contributed by atoms with E-state index in [0.717, 1.165) is 44.8 Å². The van der Waals surface area contributed by atoms with Gasteiger partial charge < -0.3 is 9.84 Å². The van der Waals surface area contributed by atoms with Gasteiger partial charge in [-0.3, -0.25) is 4.98 Å². The van der Waals surface area contributed by atoms with Crippen molar-refractivity contribution in [3.05, 3.63) is 65.5 Å². The Hall–Kier alpha value is -3.58. The van der Waals surface area contributed by atoms with Gasteiger partial charge in [0.15, 0.2) is 5.82 Å². The zero-order valence-corrected chi connectivity index (χ0v) is 16.5. The minimum absolute atomic E-state index is 0.134. The SMILES string of the molecule is COc1c(C)nc(C)c(CO)c1-c1ccc(-c2ccccc2)c(-c2nnn[nH]2)c1. The molecule has 7 heteroatoms. The Morgan fingerprint density at radius 2 is 1.76 bits per heavy atom. The van der Waals surface area contributed by atoms with Crippen molar-refractivity contribution in [2.24, 2.45) is 0 Å². The topological polar surface area (TPSA) is 96.8 Å². The van der Waals surface area contributed by atoms with E-state index in [2.05, 4.69) is 25.6 Å². The maximum Gasteiger partial charge on any atom is 0.180 e. The van der Waals surface area contributed by atoms with Crippen molar-refractivity contribution in [1.82, 2.24) is 25.6 Å². The first-order valence-corrected chi connectivity index (χ1v) is 9.23. The smallest absolute Gasteiger partial charge is 0.180 e. The summed E-state index contributed by atoms with van der Waals surface area (Å²) in [4.78, 5) is 4.52. The van der Waals surface area contributed by atoms with E-state index >= 15 is 0 Å². The van der Waals surface area contributed by atoms with Crippen molar-refractivity contribution >= 4 is 0 Å². The van der Waals surface area contributed by atoms with Crippen LogP contribution < -0.4 is 4.74 Å². The first-order chi connectivity index (χ1) is 14.1. The van der Waals surface area contributed by atoms with Crippen LogP contribution in [0.5, 0.6) is 5.75 Å². The average Bonchev–Trinajstić information content (AvgIpc) is 3.28. The molecule has 146 valence electrons. The predicted molar refractivity (Wildman–Crippen MR) is 110 cm³/mol. The quantitative estimate of drug-likeness (QED) is 0.542. The number of hydrogen-bond acceptors (Lipinski definition) is 6. The molecule has 4 aromatic rings. The van der Waals surface area contributed by atoms with Crippen LogP contribution in [0.2, 0.25) is 0 Å². The number of H-pyrrole nitrogens is 1. The van der Waals surface area contributed by atoms with Gasteiger partial charge in [-0.2, -0.15) is 0 Å². The Bertz CT molecular complexity index is 1110. The van der Waals surface area contributed by atoms with Crippen LogP contribution in [0.15, 0.2) is 48.5 Å². The lowest BCUT2D eigenvalue weighted by atomic mass is 9.91. The minimum atomic E-state index is -0.134. The van der Waals surface area contributed by atoms with Gasteiger partial charge in [0.2, 0.25) is 0 Å². The fraction of sp³-hybridized carbons (Fsp3) is 0.182. The number of methoxy groups -OCH3 is 1. The zero-order valence-electron chi connectivity index (χ0n) is 16.5. The molecular formula is C22H21N5O2. The van der Waals surface area contributed by atoms with Crippen LogP contribution >= 0.6 is 0 Å². The van der Waals surface area contributed by atoms with E-state index in [9.17, 15) is 5.11 Å². The van der Waals surface area contributed by atoms with E-state index in [4.69, 9.17) is 4.74 Å². The van der Waals surface area contributed by atoms with Crippen LogP contribution in [-0.4, -0.2) is 37.8 Å². The molecule has 0 amide bonds. The molecule has 0 saturated carbocycles. The third-order valence-corrected chi connectivity index (χ3v) is 4.99. The van der Waals surface area contributed by atoms with Gasteiger partial charge in [-0.15, -0.1) is 5.10 Å². The number of ether oxygens (including phenoxy) is 1. The van der Waals surface area contributed by atoms with E-state index in [1.54, 1.807) is 7.11 Å². The molecule has 2 aromatic carbocycles. The number of nitrogens with one attached hydrogen (secondary N) is 1. The highest BCUT2D eigenvalue weighted by atomic mass is 16.5. The Balaban J connectivity index is 2.00. The number of tetrazole rings is 1. The third kappa shape index (κ3) is 3.36. The number of aliphatic hydroxyl groups excluding tert-OH is 1. The molecule has 0 spiro atoms. The zero-order chi connectivity index (χ0) is 20.4. The molecule has 0 aliphatic carbocycles. The number of pyridine rings is 1. The van der Waals surface area contributed by atoms with Gasteiger partial charge in [0, 0.05) is 22.4 Å². The minimum Gasteiger partial charge on any atom is -0.494 e. The molecule has 2 N–H and O–H groups in total. The molecule has 0 radical (unpaired) electrons. The summed E-state index contributed by atoms with van der Waals surface area (Å²) in [5, 5.41) is 24.5. The third-order valence-electron chi connectivity index (χ3n) is 4.99. The summed E-state index contributed by atoms with van der Waals surface area (Å²) in [6, 6.07) is 16.1. The van der Waals surface area contributed by atoms with Gasteiger partial charge in [0.25, 0.3) is 0 Å². The molecule has 0 aliphatic heterocycles. The maximum absolute atomic E-state index is 10.0. The Morgan fingerprint density at radius 3 is 2.41 bits per heavy atom. The van der Waals surface area contributed by atoms with Crippen LogP contribution in [0.3, 0.4) is 0 Å². The lowest BCUT2D eigenvalue weighted by Crippen LogP contribution is -2.03. The fourth-order valence-electron chi connectivity index (χ4n) is 3.66. The molecule has 7 nitrogen and oxygen atoms in total. The molecule has 2 aromatic heterocycles. The van der Waals surface area contributed by atoms with Crippen LogP contribution in [0.25, 0.3) is 33.6 Å². The first-order valence-electron chi connectivity index (χ1n) is 9.23. The van der Waals surface area contributed by atoms with Crippen LogP contribution in [-0.2, 0) is 6.61 Å². The Kier molecular flexibility index (Phi) is 5.05. The van der Waals surface area contributed by atoms with Crippen LogP contribution in [0, 0.1) is 13.8 Å². The van der Waals surface area contributed by atoms with Crippen molar-refractivity contribution in [3.8, 4) is 39.4 Å². The van der Waals surface area contributed by atoms with Gasteiger partial charge in [-0.25, -0.2) is 5.10 Å². The number of hydrogen-bond donors (Lipinski definition) is 2. The summed E-state index contributed by atoms with van der Waals surface area (Å²) in [6.45, 7) is 3.65. The second kappa shape index (κ2) is 7.81. The summed E-state index contributed by atoms with van der Waals surface area (Å²) < 4.78 is 5.65. The summed E-state index contributed by atoms with van der Waals surface area (Å²) in [5.41, 5.74) is 6.92. The van der Waals surface area contributed by atoms with Crippen LogP contribution in [0.1, 0.15) is 17.0 Å². The summed E-state index contributed by atoms with van der Waals surface area (Å²) in [7, 11) is 1.61. The van der Waals surface area contributed by atoms with E-state index in [1.807, 2.05) is 62.4 Å². The second-order valence-electron chi connectivity index (χ2n) is 6.70. The van der Waals surface area contributed by atoms with Crippen molar-refractivity contribution in [2.75, 3.05) is 7.11 Å². The van der Waals surface area contributed by atoms with Crippen molar-refractivity contribution in [2.45, 2.75) is 20.5 Å². The van der Waals surface area contributed by atoms with Crippen molar-refractivity contribution in [3.63, 3.8) is 0 Å². The monoisotopic (exact) mass is 387 g/mol. The highest BCUT2D eigenvalue weighted by molar-refractivity contribution is 5.86. The molecule has 0 unspecified atom stereocenters. The molecule has 0 atom stereocenters. The number of aromatic amines is 1. The number of aromatic nitrogens is 5. The van der Waals surface area contributed by atoms with Gasteiger partial charge in [0.05, 0.1) is 19.4 Å². The summed E-state index contributed by atoms with van der Waals surface area (Å²) in [5.74, 6) is 1.21. The number of benzene rings is 2. The normalized spacial score (nSPS) is 10.9. The number of aryl methyl sites for hydroxylation is 2. The summed E-state index contributed by atoms with van der Waals surface area (Å²) >= 11 is 0. The number of rotatable bonds is 5. The van der Waals surface area contributed by atoms with Crippen molar-refractivity contribution < 1.29 is 9.84 Å². The summed E-state index contributed by atoms with van der Waals surface area (Å²) in [6.07, 6.45) is 0. The highest BCUT2D eigenvalue weighted by Crippen LogP contribution is 2.40. The molecule has 2 heterocycles. The van der Waals surface area contributed by atoms with E-state index < -0.39 is 0 Å². The first kappa shape index (κ1) is 18.8. The van der Waals surface area contributed by atoms with E-state index in [1.165, 1.54) is 0 Å². The van der Waals surface area contributed by atoms with E-state index in [-0.39, 0.29) is 6.61 Å². The maximum atomic E-state index is 10.0. The lowest BCUT2D eigenvalue weighted by molar-refractivity contribution is 0.280. The van der Waals surface area contributed by atoms with Gasteiger partial charge in [-0.05, 0) is 47.0 Å². The molecule has 4 rings (SSSR count). The molecule has 29 heavy (non-hydrogen) atoms. The predicted octanol–water partition coefficient (Wildman–Crippen LogP) is 3.71. The number of aliphatic hydroxyl groups is 1. The van der Waals surface area contributed by atoms with Gasteiger partial charge >= 0.3 is 0 Å². The van der Waals surface area contributed by atoms with Gasteiger partial charge in [0.1, 0.15) is 5.75 Å².